The number of rotatable bonds is 5. The monoisotopic (exact) mass is 490 g/mol. The highest BCUT2D eigenvalue weighted by molar-refractivity contribution is 9.10. The number of benzene rings is 1. The van der Waals surface area contributed by atoms with E-state index in [0.717, 1.165) is 0 Å². The number of pyridine rings is 1. The molecule has 0 bridgehead atoms. The van der Waals surface area contributed by atoms with Crippen molar-refractivity contribution in [3.05, 3.63) is 52.6 Å². The molecule has 2 N–H and O–H groups in total. The third-order valence-corrected chi connectivity index (χ3v) is 5.75. The number of nitrogens with zero attached hydrogens (tertiary/aromatic N) is 3. The van der Waals surface area contributed by atoms with Crippen LogP contribution in [0.25, 0.3) is 0 Å². The van der Waals surface area contributed by atoms with Gasteiger partial charge in [0.2, 0.25) is 5.88 Å². The fourth-order valence-corrected chi connectivity index (χ4v) is 3.72. The SMILES string of the molecule is C[C@H](CO)N1C[C@H](C)[C@@H](CN(C)C(=O)Nc2ccccc2)Oc2ncc(Br)cc2C1=O. The van der Waals surface area contributed by atoms with Crippen LogP contribution in [0.1, 0.15) is 24.2 Å². The highest BCUT2D eigenvalue weighted by atomic mass is 79.9. The van der Waals surface area contributed by atoms with Crippen LogP contribution in [0.15, 0.2) is 47.1 Å². The third-order valence-electron chi connectivity index (χ3n) is 5.31. The average molecular weight is 491 g/mol. The van der Waals surface area contributed by atoms with Crippen LogP contribution in [0.4, 0.5) is 10.5 Å². The number of nitrogens with one attached hydrogen (secondary N) is 1. The molecule has 1 aliphatic heterocycles. The van der Waals surface area contributed by atoms with Gasteiger partial charge in [-0.25, -0.2) is 9.78 Å². The lowest BCUT2D eigenvalue weighted by atomic mass is 10.0. The number of urea groups is 1. The summed E-state index contributed by atoms with van der Waals surface area (Å²) in [6.45, 7) is 4.28. The van der Waals surface area contributed by atoms with Gasteiger partial charge >= 0.3 is 6.03 Å². The van der Waals surface area contributed by atoms with Crippen LogP contribution < -0.4 is 10.1 Å². The van der Waals surface area contributed by atoms with Crippen molar-refractivity contribution in [2.24, 2.45) is 5.92 Å². The largest absolute Gasteiger partial charge is 0.472 e. The summed E-state index contributed by atoms with van der Waals surface area (Å²) in [4.78, 5) is 33.3. The Hall–Kier alpha value is -2.65. The van der Waals surface area contributed by atoms with Gasteiger partial charge in [-0.2, -0.15) is 0 Å². The first kappa shape index (κ1) is 23.0. The van der Waals surface area contributed by atoms with E-state index in [1.165, 1.54) is 0 Å². The van der Waals surface area contributed by atoms with E-state index in [0.29, 0.717) is 28.8 Å². The fourth-order valence-electron chi connectivity index (χ4n) is 3.39. The Balaban J connectivity index is 1.83. The molecule has 0 spiro atoms. The average Bonchev–Trinajstić information content (AvgIpc) is 2.76. The quantitative estimate of drug-likeness (QED) is 0.670. The van der Waals surface area contributed by atoms with Crippen molar-refractivity contribution in [2.45, 2.75) is 26.0 Å². The number of aliphatic hydroxyl groups is 1. The molecule has 0 radical (unpaired) electrons. The summed E-state index contributed by atoms with van der Waals surface area (Å²) < 4.78 is 6.80. The lowest BCUT2D eigenvalue weighted by Gasteiger charge is -2.37. The van der Waals surface area contributed by atoms with E-state index in [1.807, 2.05) is 37.3 Å². The number of halogens is 1. The van der Waals surface area contributed by atoms with Crippen LogP contribution in [0.5, 0.6) is 5.88 Å². The number of hydrogen-bond donors (Lipinski definition) is 2. The summed E-state index contributed by atoms with van der Waals surface area (Å²) in [7, 11) is 1.70. The molecule has 31 heavy (non-hydrogen) atoms. The number of aromatic nitrogens is 1. The summed E-state index contributed by atoms with van der Waals surface area (Å²) in [6, 6.07) is 10.3. The van der Waals surface area contributed by atoms with E-state index >= 15 is 0 Å². The van der Waals surface area contributed by atoms with Gasteiger partial charge in [0.25, 0.3) is 5.91 Å². The second-order valence-corrected chi connectivity index (χ2v) is 8.72. The number of likely N-dealkylation sites (N-methyl/N-ethyl adjacent to an activating group) is 1. The standard InChI is InChI=1S/C22H27BrN4O4/c1-14-11-27(15(2)13-28)21(29)18-9-16(23)10-24-20(18)31-19(14)12-26(3)22(30)25-17-7-5-4-6-8-17/h4-10,14-15,19,28H,11-13H2,1-3H3,(H,25,30)/t14-,15+,19+/m0/s1. The van der Waals surface area contributed by atoms with Gasteiger partial charge in [-0.15, -0.1) is 0 Å². The Morgan fingerprint density at radius 3 is 2.81 bits per heavy atom. The Kier molecular flexibility index (Phi) is 7.50. The molecule has 166 valence electrons. The first-order chi connectivity index (χ1) is 14.8. The minimum atomic E-state index is -0.402. The molecular formula is C22H27BrN4O4. The molecule has 3 amide bonds. The smallest absolute Gasteiger partial charge is 0.321 e. The van der Waals surface area contributed by atoms with Crippen molar-refractivity contribution in [1.82, 2.24) is 14.8 Å². The first-order valence-corrected chi connectivity index (χ1v) is 10.9. The Labute approximate surface area is 190 Å². The fraction of sp³-hybridized carbons (Fsp3) is 0.409. The number of amides is 3. The van der Waals surface area contributed by atoms with Crippen molar-refractivity contribution < 1.29 is 19.4 Å². The maximum absolute atomic E-state index is 13.1. The van der Waals surface area contributed by atoms with Gasteiger partial charge in [-0.1, -0.05) is 25.1 Å². The van der Waals surface area contributed by atoms with Crippen LogP contribution in [0.3, 0.4) is 0 Å². The summed E-state index contributed by atoms with van der Waals surface area (Å²) in [5, 5.41) is 12.5. The number of para-hydroxylation sites is 1. The van der Waals surface area contributed by atoms with Crippen molar-refractivity contribution in [1.29, 1.82) is 0 Å². The molecule has 0 aliphatic carbocycles. The third kappa shape index (κ3) is 5.54. The molecule has 1 aliphatic rings. The highest BCUT2D eigenvalue weighted by Crippen LogP contribution is 2.28. The van der Waals surface area contributed by atoms with Crippen molar-refractivity contribution in [3.63, 3.8) is 0 Å². The number of carbonyl (C=O) groups is 2. The van der Waals surface area contributed by atoms with Gasteiger partial charge in [0.05, 0.1) is 19.2 Å². The van der Waals surface area contributed by atoms with E-state index in [1.54, 1.807) is 36.0 Å². The molecule has 9 heteroatoms. The number of anilines is 1. The molecule has 0 saturated carbocycles. The van der Waals surface area contributed by atoms with Crippen LogP contribution in [-0.2, 0) is 0 Å². The summed E-state index contributed by atoms with van der Waals surface area (Å²) >= 11 is 3.36. The molecule has 2 aromatic rings. The summed E-state index contributed by atoms with van der Waals surface area (Å²) in [5.41, 5.74) is 1.03. The minimum Gasteiger partial charge on any atom is -0.472 e. The molecule has 3 rings (SSSR count). The first-order valence-electron chi connectivity index (χ1n) is 10.1. The lowest BCUT2D eigenvalue weighted by molar-refractivity contribution is 0.0356. The summed E-state index contributed by atoms with van der Waals surface area (Å²) in [6.07, 6.45) is 1.17. The van der Waals surface area contributed by atoms with E-state index in [4.69, 9.17) is 4.74 Å². The van der Waals surface area contributed by atoms with Crippen molar-refractivity contribution in [3.8, 4) is 5.88 Å². The van der Waals surface area contributed by atoms with E-state index in [9.17, 15) is 14.7 Å². The molecule has 3 atom stereocenters. The van der Waals surface area contributed by atoms with Crippen molar-refractivity contribution in [2.75, 3.05) is 32.1 Å². The molecular weight excluding hydrogens is 464 g/mol. The van der Waals surface area contributed by atoms with Crippen LogP contribution in [0.2, 0.25) is 0 Å². The molecule has 1 aromatic carbocycles. The number of hydrogen-bond acceptors (Lipinski definition) is 5. The molecule has 0 saturated heterocycles. The van der Waals surface area contributed by atoms with Crippen molar-refractivity contribution >= 4 is 33.6 Å². The second-order valence-electron chi connectivity index (χ2n) is 7.81. The number of fused-ring (bicyclic) bond motifs is 1. The highest BCUT2D eigenvalue weighted by Gasteiger charge is 2.34. The topological polar surface area (TPSA) is 95.0 Å². The zero-order valence-electron chi connectivity index (χ0n) is 17.8. The second kappa shape index (κ2) is 10.1. The van der Waals surface area contributed by atoms with E-state index in [-0.39, 0.29) is 36.4 Å². The normalized spacial score (nSPS) is 19.5. The zero-order valence-corrected chi connectivity index (χ0v) is 19.4. The number of ether oxygens (including phenoxy) is 1. The molecule has 1 aromatic heterocycles. The van der Waals surface area contributed by atoms with Gasteiger partial charge in [-0.05, 0) is 41.1 Å². The molecule has 0 unspecified atom stereocenters. The number of carbonyl (C=O) groups excluding carboxylic acids is 2. The van der Waals surface area contributed by atoms with Gasteiger partial charge in [0.15, 0.2) is 0 Å². The van der Waals surface area contributed by atoms with E-state index < -0.39 is 6.10 Å². The van der Waals surface area contributed by atoms with Gasteiger partial charge < -0.3 is 25.0 Å². The predicted octanol–water partition coefficient (Wildman–Crippen LogP) is 3.23. The molecule has 2 heterocycles. The Morgan fingerprint density at radius 2 is 2.13 bits per heavy atom. The summed E-state index contributed by atoms with van der Waals surface area (Å²) in [5.74, 6) is -0.133. The maximum Gasteiger partial charge on any atom is 0.321 e. The zero-order chi connectivity index (χ0) is 22.5. The lowest BCUT2D eigenvalue weighted by Crippen LogP contribution is -2.50. The van der Waals surface area contributed by atoms with Crippen LogP contribution in [0, 0.1) is 5.92 Å². The Bertz CT molecular complexity index is 927. The van der Waals surface area contributed by atoms with E-state index in [2.05, 4.69) is 26.2 Å². The molecule has 0 fully saturated rings. The Morgan fingerprint density at radius 1 is 1.42 bits per heavy atom. The number of aliphatic hydroxyl groups excluding tert-OH is 1. The van der Waals surface area contributed by atoms with Gasteiger partial charge in [0.1, 0.15) is 11.7 Å². The maximum atomic E-state index is 13.1. The minimum absolute atomic E-state index is 0.108. The van der Waals surface area contributed by atoms with Crippen LogP contribution >= 0.6 is 15.9 Å². The van der Waals surface area contributed by atoms with Crippen LogP contribution in [-0.4, -0.2) is 70.7 Å². The van der Waals surface area contributed by atoms with Gasteiger partial charge in [-0.3, -0.25) is 4.79 Å². The molecule has 8 nitrogen and oxygen atoms in total. The predicted molar refractivity (Wildman–Crippen MR) is 121 cm³/mol. The van der Waals surface area contributed by atoms with Gasteiger partial charge in [0, 0.05) is 35.9 Å².